The van der Waals surface area contributed by atoms with Gasteiger partial charge in [0, 0.05) is 25.9 Å². The summed E-state index contributed by atoms with van der Waals surface area (Å²) in [6.07, 6.45) is 1.52. The molecule has 2 aromatic carbocycles. The van der Waals surface area contributed by atoms with Crippen LogP contribution in [0.3, 0.4) is 0 Å². The fraction of sp³-hybridized carbons (Fsp3) is 0.304. The molecule has 2 aromatic rings. The molecular formula is C23H26N2O4. The van der Waals surface area contributed by atoms with E-state index in [1.54, 1.807) is 38.5 Å². The Labute approximate surface area is 171 Å². The highest BCUT2D eigenvalue weighted by molar-refractivity contribution is 6.36. The Bertz CT molecular complexity index is 901. The van der Waals surface area contributed by atoms with Crippen LogP contribution in [0.2, 0.25) is 0 Å². The van der Waals surface area contributed by atoms with E-state index >= 15 is 0 Å². The molecule has 29 heavy (non-hydrogen) atoms. The molecule has 0 atom stereocenters. The van der Waals surface area contributed by atoms with Gasteiger partial charge in [0.15, 0.2) is 0 Å². The third kappa shape index (κ3) is 4.49. The molecule has 0 spiro atoms. The van der Waals surface area contributed by atoms with E-state index in [0.29, 0.717) is 42.2 Å². The van der Waals surface area contributed by atoms with E-state index in [4.69, 9.17) is 9.47 Å². The Hall–Kier alpha value is -3.12. The van der Waals surface area contributed by atoms with Gasteiger partial charge in [-0.1, -0.05) is 31.2 Å². The van der Waals surface area contributed by atoms with Gasteiger partial charge in [-0.3, -0.25) is 14.5 Å². The van der Waals surface area contributed by atoms with Crippen molar-refractivity contribution in [2.24, 2.45) is 0 Å². The first kappa shape index (κ1) is 20.6. The lowest BCUT2D eigenvalue weighted by Gasteiger charge is -2.15. The number of methoxy groups -OCH3 is 2. The van der Waals surface area contributed by atoms with Gasteiger partial charge < -0.3 is 14.8 Å². The van der Waals surface area contributed by atoms with Gasteiger partial charge in [-0.15, -0.1) is 0 Å². The van der Waals surface area contributed by atoms with Crippen molar-refractivity contribution in [3.05, 3.63) is 65.4 Å². The van der Waals surface area contributed by atoms with Gasteiger partial charge in [-0.05, 0) is 48.2 Å². The molecule has 0 saturated carbocycles. The zero-order valence-electron chi connectivity index (χ0n) is 17.0. The molecule has 152 valence electrons. The normalized spacial score (nSPS) is 14.0. The molecular weight excluding hydrogens is 368 g/mol. The molecule has 1 aliphatic rings. The average molecular weight is 394 g/mol. The van der Waals surface area contributed by atoms with Crippen LogP contribution >= 0.6 is 0 Å². The average Bonchev–Trinajstić information content (AvgIpc) is 2.98. The topological polar surface area (TPSA) is 67.9 Å². The highest BCUT2D eigenvalue weighted by atomic mass is 16.5. The summed E-state index contributed by atoms with van der Waals surface area (Å²) in [5.41, 5.74) is 3.31. The molecule has 0 radical (unpaired) electrons. The first-order chi connectivity index (χ1) is 14.1. The van der Waals surface area contributed by atoms with E-state index in [1.165, 1.54) is 10.5 Å². The van der Waals surface area contributed by atoms with E-state index in [1.807, 2.05) is 24.3 Å². The van der Waals surface area contributed by atoms with Crippen molar-refractivity contribution in [2.45, 2.75) is 19.8 Å². The lowest BCUT2D eigenvalue weighted by molar-refractivity contribution is -0.136. The number of nitrogens with zero attached hydrogens (tertiary/aromatic N) is 1. The quantitative estimate of drug-likeness (QED) is 0.521. The number of rotatable bonds is 9. The van der Waals surface area contributed by atoms with Gasteiger partial charge in [-0.25, -0.2) is 0 Å². The number of ether oxygens (including phenoxy) is 2. The summed E-state index contributed by atoms with van der Waals surface area (Å²) in [5.74, 6) is 0.0631. The monoisotopic (exact) mass is 394 g/mol. The van der Waals surface area contributed by atoms with Crippen molar-refractivity contribution in [1.82, 2.24) is 4.90 Å². The van der Waals surface area contributed by atoms with E-state index in [0.717, 1.165) is 12.1 Å². The van der Waals surface area contributed by atoms with Gasteiger partial charge in [0.25, 0.3) is 11.8 Å². The molecule has 0 aromatic heterocycles. The Morgan fingerprint density at radius 1 is 0.931 bits per heavy atom. The van der Waals surface area contributed by atoms with Crippen molar-refractivity contribution in [3.63, 3.8) is 0 Å². The van der Waals surface area contributed by atoms with Gasteiger partial charge in [0.1, 0.15) is 11.4 Å². The van der Waals surface area contributed by atoms with Crippen LogP contribution in [0.4, 0.5) is 5.69 Å². The molecule has 0 unspecified atom stereocenters. The number of nitrogens with one attached hydrogen (secondary N) is 1. The van der Waals surface area contributed by atoms with Crippen LogP contribution in [-0.2, 0) is 20.7 Å². The number of benzene rings is 2. The predicted octanol–water partition coefficient (Wildman–Crippen LogP) is 3.49. The minimum atomic E-state index is -0.323. The smallest absolute Gasteiger partial charge is 0.278 e. The van der Waals surface area contributed by atoms with Gasteiger partial charge in [0.2, 0.25) is 0 Å². The highest BCUT2D eigenvalue weighted by Gasteiger charge is 2.38. The van der Waals surface area contributed by atoms with E-state index in [-0.39, 0.29) is 11.8 Å². The number of aryl methyl sites for hydroxylation is 1. The minimum Gasteiger partial charge on any atom is -0.497 e. The summed E-state index contributed by atoms with van der Waals surface area (Å²) >= 11 is 0. The lowest BCUT2D eigenvalue weighted by Crippen LogP contribution is -2.33. The van der Waals surface area contributed by atoms with Crippen molar-refractivity contribution < 1.29 is 19.1 Å². The summed E-state index contributed by atoms with van der Waals surface area (Å²) < 4.78 is 10.3. The standard InChI is InChI=1S/C23H26N2O4/c1-4-16-6-10-18(11-7-16)24-21-20(17-8-12-19(29-3)13-9-17)22(26)25(23(21)27)14-5-15-28-2/h6-13,24H,4-5,14-15H2,1-3H3. The van der Waals surface area contributed by atoms with Gasteiger partial charge in [-0.2, -0.15) is 0 Å². The number of hydrogen-bond donors (Lipinski definition) is 1. The zero-order chi connectivity index (χ0) is 20.8. The summed E-state index contributed by atoms with van der Waals surface area (Å²) in [6, 6.07) is 15.0. The number of carbonyl (C=O) groups excluding carboxylic acids is 2. The van der Waals surface area contributed by atoms with Crippen LogP contribution in [0.5, 0.6) is 5.75 Å². The van der Waals surface area contributed by atoms with E-state index in [2.05, 4.69) is 12.2 Å². The number of imide groups is 1. The second-order valence-electron chi connectivity index (χ2n) is 6.76. The maximum absolute atomic E-state index is 13.1. The molecule has 0 fully saturated rings. The van der Waals surface area contributed by atoms with Crippen molar-refractivity contribution in [1.29, 1.82) is 0 Å². The molecule has 3 rings (SSSR count). The zero-order valence-corrected chi connectivity index (χ0v) is 17.0. The summed E-state index contributed by atoms with van der Waals surface area (Å²) in [4.78, 5) is 27.4. The summed E-state index contributed by atoms with van der Waals surface area (Å²) in [7, 11) is 3.19. The third-order valence-electron chi connectivity index (χ3n) is 4.91. The second kappa shape index (κ2) is 9.39. The Morgan fingerprint density at radius 2 is 1.62 bits per heavy atom. The Kier molecular flexibility index (Phi) is 6.67. The van der Waals surface area contributed by atoms with Crippen LogP contribution < -0.4 is 10.1 Å². The van der Waals surface area contributed by atoms with Crippen molar-refractivity contribution >= 4 is 23.1 Å². The van der Waals surface area contributed by atoms with E-state index in [9.17, 15) is 9.59 Å². The molecule has 0 bridgehead atoms. The fourth-order valence-corrected chi connectivity index (χ4v) is 3.26. The molecule has 1 heterocycles. The molecule has 1 N–H and O–H groups in total. The van der Waals surface area contributed by atoms with Crippen LogP contribution in [0.15, 0.2) is 54.2 Å². The second-order valence-corrected chi connectivity index (χ2v) is 6.76. The van der Waals surface area contributed by atoms with Gasteiger partial charge >= 0.3 is 0 Å². The molecule has 2 amide bonds. The highest BCUT2D eigenvalue weighted by Crippen LogP contribution is 2.31. The maximum Gasteiger partial charge on any atom is 0.278 e. The van der Waals surface area contributed by atoms with E-state index < -0.39 is 0 Å². The first-order valence-corrected chi connectivity index (χ1v) is 9.68. The number of carbonyl (C=O) groups is 2. The third-order valence-corrected chi connectivity index (χ3v) is 4.91. The van der Waals surface area contributed by atoms with Gasteiger partial charge in [0.05, 0.1) is 12.7 Å². The van der Waals surface area contributed by atoms with Crippen molar-refractivity contribution in [2.75, 3.05) is 32.7 Å². The number of amides is 2. The summed E-state index contributed by atoms with van der Waals surface area (Å²) in [5, 5.41) is 3.18. The molecule has 0 aliphatic carbocycles. The predicted molar refractivity (Wildman–Crippen MR) is 113 cm³/mol. The number of anilines is 1. The fourth-order valence-electron chi connectivity index (χ4n) is 3.26. The van der Waals surface area contributed by atoms with Crippen molar-refractivity contribution in [3.8, 4) is 5.75 Å². The molecule has 6 heteroatoms. The Balaban J connectivity index is 1.96. The minimum absolute atomic E-state index is 0.293. The molecule has 0 saturated heterocycles. The molecule has 1 aliphatic heterocycles. The van der Waals surface area contributed by atoms with Crippen LogP contribution in [-0.4, -0.2) is 44.1 Å². The van der Waals surface area contributed by atoms with Crippen LogP contribution in [0.1, 0.15) is 24.5 Å². The first-order valence-electron chi connectivity index (χ1n) is 9.68. The lowest BCUT2D eigenvalue weighted by atomic mass is 10.0. The molecule has 6 nitrogen and oxygen atoms in total. The maximum atomic E-state index is 13.1. The Morgan fingerprint density at radius 3 is 2.21 bits per heavy atom. The van der Waals surface area contributed by atoms with Crippen LogP contribution in [0.25, 0.3) is 5.57 Å². The van der Waals surface area contributed by atoms with Crippen LogP contribution in [0, 0.1) is 0 Å². The SMILES string of the molecule is CCc1ccc(NC2=C(c3ccc(OC)cc3)C(=O)N(CCCOC)C2=O)cc1. The summed E-state index contributed by atoms with van der Waals surface area (Å²) in [6.45, 7) is 2.88. The number of hydrogen-bond acceptors (Lipinski definition) is 5. The largest absolute Gasteiger partial charge is 0.497 e.